The summed E-state index contributed by atoms with van der Waals surface area (Å²) in [7, 11) is 0. The standard InChI is InChI=1S/C76H72N2O4.Co/c1-73(2,3)47-35-37-49-45(39-47)41-63(75(7,8)9)69(79)61(49)43-77-67(55-27-15-13-23-51(55)57-29-21-31-59-53-25-17-19-33-65(53)81-71(57)59)68(56-28-16-14-24-52(56)58-30-22-32-60-54-26-18-20-34-66(54)82-72(58)60)78-44-62-50-38-36-48(74(4,5)6)40-46(50)42-64(70(62)80)76(10,11)12;/h13-44,67-68,79-80H,1-12H3;/t67-,68-;/m0./s1. The number of para-hydroxylation sites is 4. The van der Waals surface area contributed by atoms with Gasteiger partial charge in [0.15, 0.2) is 0 Å². The Balaban J connectivity index is 0.00000721. The molecule has 0 unspecified atom stereocenters. The molecule has 10 aromatic carbocycles. The van der Waals surface area contributed by atoms with Crippen LogP contribution in [0.4, 0.5) is 0 Å². The van der Waals surface area contributed by atoms with E-state index in [9.17, 15) is 10.2 Å². The van der Waals surface area contributed by atoms with Gasteiger partial charge in [-0.05, 0) is 101 Å². The smallest absolute Gasteiger partial charge is 0.143 e. The fourth-order valence-corrected chi connectivity index (χ4v) is 12.1. The zero-order valence-corrected chi connectivity index (χ0v) is 50.6. The Kier molecular flexibility index (Phi) is 14.5. The number of rotatable bonds is 9. The molecule has 0 saturated heterocycles. The SMILES string of the molecule is CC(C)(C)c1ccc2c(C=N[C@@H](c3ccccc3-c3cccc4c3oc3ccccc34)[C@@H](N=Cc3c(O)c(C(C)(C)C)cc4cc(C(C)(C)C)ccc34)c3ccccc3-c3cccc4c3oc3ccccc34)c(O)c(C(C)(C)C)cc2c1.[Co]. The monoisotopic (exact) mass is 1140 g/mol. The topological polar surface area (TPSA) is 91.5 Å². The number of phenols is 2. The predicted octanol–water partition coefficient (Wildman–Crippen LogP) is 20.7. The molecule has 2 heterocycles. The third-order valence-corrected chi connectivity index (χ3v) is 16.6. The van der Waals surface area contributed by atoms with Crippen LogP contribution in [0.15, 0.2) is 201 Å². The van der Waals surface area contributed by atoms with E-state index in [1.54, 1.807) is 0 Å². The van der Waals surface area contributed by atoms with Crippen molar-refractivity contribution in [3.05, 3.63) is 226 Å². The van der Waals surface area contributed by atoms with Crippen molar-refractivity contribution in [2.45, 2.75) is 117 Å². The second-order valence-corrected chi connectivity index (χ2v) is 26.4. The molecular weight excluding hydrogens is 1060 g/mol. The summed E-state index contributed by atoms with van der Waals surface area (Å²) in [6.45, 7) is 26.2. The van der Waals surface area contributed by atoms with Crippen LogP contribution in [-0.2, 0) is 38.4 Å². The number of fused-ring (bicyclic) bond motifs is 8. The van der Waals surface area contributed by atoms with E-state index in [2.05, 4.69) is 229 Å². The molecule has 0 saturated carbocycles. The molecule has 2 N–H and O–H groups in total. The molecule has 0 aliphatic heterocycles. The molecule has 2 aromatic heterocycles. The summed E-state index contributed by atoms with van der Waals surface area (Å²) in [4.78, 5) is 11.7. The summed E-state index contributed by atoms with van der Waals surface area (Å²) in [6, 6.07) is 61.9. The van der Waals surface area contributed by atoms with Gasteiger partial charge in [0, 0.05) is 84.1 Å². The Morgan fingerprint density at radius 3 is 1.10 bits per heavy atom. The first-order valence-corrected chi connectivity index (χ1v) is 28.7. The normalized spacial score (nSPS) is 13.6. The van der Waals surface area contributed by atoms with E-state index in [4.69, 9.17) is 18.8 Å². The van der Waals surface area contributed by atoms with E-state index < -0.39 is 22.9 Å². The number of phenolic OH excluding ortho intramolecular Hbond substituents is 2. The molecule has 1 radical (unpaired) electrons. The van der Waals surface area contributed by atoms with Crippen molar-refractivity contribution in [2.75, 3.05) is 0 Å². The number of nitrogens with zero attached hydrogens (tertiary/aromatic N) is 2. The van der Waals surface area contributed by atoms with E-state index in [-0.39, 0.29) is 39.1 Å². The van der Waals surface area contributed by atoms with Crippen LogP contribution in [0.2, 0.25) is 0 Å². The third-order valence-electron chi connectivity index (χ3n) is 16.6. The molecule has 12 rings (SSSR count). The number of hydrogen-bond donors (Lipinski definition) is 2. The number of aromatic hydroxyl groups is 2. The van der Waals surface area contributed by atoms with Crippen LogP contribution in [0.5, 0.6) is 11.5 Å². The van der Waals surface area contributed by atoms with Gasteiger partial charge < -0.3 is 19.0 Å². The molecule has 0 fully saturated rings. The van der Waals surface area contributed by atoms with Crippen LogP contribution < -0.4 is 0 Å². The van der Waals surface area contributed by atoms with Crippen molar-refractivity contribution in [1.29, 1.82) is 0 Å². The molecule has 83 heavy (non-hydrogen) atoms. The Bertz CT molecular complexity index is 4260. The van der Waals surface area contributed by atoms with Gasteiger partial charge in [0.05, 0.1) is 0 Å². The molecule has 12 aromatic rings. The molecule has 0 aliphatic rings. The minimum absolute atomic E-state index is 0. The first-order chi connectivity index (χ1) is 39.0. The van der Waals surface area contributed by atoms with Crippen LogP contribution >= 0.6 is 0 Å². The summed E-state index contributed by atoms with van der Waals surface area (Å²) >= 11 is 0. The molecule has 0 spiro atoms. The fraction of sp³-hybridized carbons (Fsp3) is 0.237. The number of aliphatic imine (C=N–C) groups is 2. The van der Waals surface area contributed by atoms with Crippen LogP contribution in [0.3, 0.4) is 0 Å². The van der Waals surface area contributed by atoms with Gasteiger partial charge in [-0.2, -0.15) is 0 Å². The minimum Gasteiger partial charge on any atom is -0.507 e. The van der Waals surface area contributed by atoms with Gasteiger partial charge in [-0.25, -0.2) is 0 Å². The van der Waals surface area contributed by atoms with Gasteiger partial charge in [-0.15, -0.1) is 0 Å². The second-order valence-electron chi connectivity index (χ2n) is 26.4. The van der Waals surface area contributed by atoms with E-state index in [1.165, 1.54) is 11.1 Å². The second kappa shape index (κ2) is 21.2. The average molecular weight is 1140 g/mol. The maximum Gasteiger partial charge on any atom is 0.143 e. The third kappa shape index (κ3) is 10.3. The van der Waals surface area contributed by atoms with Crippen molar-refractivity contribution >= 4 is 77.9 Å². The molecule has 6 nitrogen and oxygen atoms in total. The van der Waals surface area contributed by atoms with Crippen molar-refractivity contribution in [3.63, 3.8) is 0 Å². The maximum absolute atomic E-state index is 12.7. The van der Waals surface area contributed by atoms with E-state index in [0.717, 1.165) is 110 Å². The van der Waals surface area contributed by atoms with Crippen LogP contribution in [0, 0.1) is 0 Å². The zero-order valence-electron chi connectivity index (χ0n) is 49.6. The molecule has 0 aliphatic carbocycles. The van der Waals surface area contributed by atoms with Crippen LogP contribution in [-0.4, -0.2) is 22.6 Å². The zero-order chi connectivity index (χ0) is 57.6. The Labute approximate surface area is 497 Å². The molecule has 7 heteroatoms. The maximum atomic E-state index is 12.7. The fourth-order valence-electron chi connectivity index (χ4n) is 12.1. The quantitative estimate of drug-likeness (QED) is 0.141. The largest absolute Gasteiger partial charge is 0.507 e. The van der Waals surface area contributed by atoms with Crippen molar-refractivity contribution in [2.24, 2.45) is 9.98 Å². The first-order valence-electron chi connectivity index (χ1n) is 28.7. The first kappa shape index (κ1) is 56.6. The number of benzene rings is 10. The molecular formula is C76H72CoN2O4. The van der Waals surface area contributed by atoms with Gasteiger partial charge in [-0.3, -0.25) is 9.98 Å². The van der Waals surface area contributed by atoms with Crippen molar-refractivity contribution in [3.8, 4) is 33.8 Å². The van der Waals surface area contributed by atoms with Crippen molar-refractivity contribution in [1.82, 2.24) is 0 Å². The number of furan rings is 2. The summed E-state index contributed by atoms with van der Waals surface area (Å²) in [5.41, 5.74) is 12.9. The molecule has 0 bridgehead atoms. The van der Waals surface area contributed by atoms with Crippen LogP contribution in [0.25, 0.3) is 87.7 Å². The average Bonchev–Trinajstić information content (AvgIpc) is 4.29. The molecule has 419 valence electrons. The Morgan fingerprint density at radius 1 is 0.361 bits per heavy atom. The summed E-state index contributed by atoms with van der Waals surface area (Å²) in [6.07, 6.45) is 3.78. The van der Waals surface area contributed by atoms with Gasteiger partial charge in [-0.1, -0.05) is 241 Å². The van der Waals surface area contributed by atoms with Crippen LogP contribution in [0.1, 0.15) is 140 Å². The molecule has 2 atom stereocenters. The van der Waals surface area contributed by atoms with Gasteiger partial charge in [0.2, 0.25) is 0 Å². The minimum atomic E-state index is -0.767. The van der Waals surface area contributed by atoms with Gasteiger partial charge in [0.1, 0.15) is 45.9 Å². The molecule has 0 amide bonds. The van der Waals surface area contributed by atoms with Gasteiger partial charge >= 0.3 is 0 Å². The Hall–Kier alpha value is -8.23. The number of hydrogen-bond acceptors (Lipinski definition) is 6. The van der Waals surface area contributed by atoms with E-state index in [0.29, 0.717) is 11.1 Å². The van der Waals surface area contributed by atoms with E-state index in [1.807, 2.05) is 48.8 Å². The summed E-state index contributed by atoms with van der Waals surface area (Å²) in [5, 5.41) is 33.4. The summed E-state index contributed by atoms with van der Waals surface area (Å²) in [5.74, 6) is 0.377. The van der Waals surface area contributed by atoms with Gasteiger partial charge in [0.25, 0.3) is 0 Å². The van der Waals surface area contributed by atoms with E-state index >= 15 is 0 Å². The Morgan fingerprint density at radius 2 is 0.711 bits per heavy atom. The van der Waals surface area contributed by atoms with Crippen molar-refractivity contribution < 1.29 is 35.8 Å². The predicted molar refractivity (Wildman–Crippen MR) is 345 cm³/mol. The summed E-state index contributed by atoms with van der Waals surface area (Å²) < 4.78 is 13.6.